The van der Waals surface area contributed by atoms with E-state index in [1.54, 1.807) is 6.07 Å². The highest BCUT2D eigenvalue weighted by Gasteiger charge is 2.16. The number of β-amino-alcohol motifs (C(OH)–C–C–N with tert-alkyl or cyclic N) is 1. The zero-order valence-corrected chi connectivity index (χ0v) is 12.4. The van der Waals surface area contributed by atoms with Gasteiger partial charge in [-0.3, -0.25) is 0 Å². The Balaban J connectivity index is 2.79. The summed E-state index contributed by atoms with van der Waals surface area (Å²) in [7, 11) is 0. The van der Waals surface area contributed by atoms with Gasteiger partial charge < -0.3 is 16.2 Å². The Kier molecular flexibility index (Phi) is 4.74. The van der Waals surface area contributed by atoms with Gasteiger partial charge in [0.1, 0.15) is 5.82 Å². The molecule has 0 heterocycles. The molecule has 1 atom stereocenters. The fourth-order valence-electron chi connectivity index (χ4n) is 1.32. The van der Waals surface area contributed by atoms with Crippen molar-refractivity contribution in [2.75, 3.05) is 12.3 Å². The van der Waals surface area contributed by atoms with Crippen molar-refractivity contribution >= 4 is 28.3 Å². The topological polar surface area (TPSA) is 58.3 Å². The zero-order chi connectivity index (χ0) is 13.2. The van der Waals surface area contributed by atoms with Crippen molar-refractivity contribution in [3.8, 4) is 0 Å². The van der Waals surface area contributed by atoms with Gasteiger partial charge in [0.2, 0.25) is 0 Å². The Morgan fingerprint density at radius 1 is 1.47 bits per heavy atom. The van der Waals surface area contributed by atoms with Gasteiger partial charge in [0.15, 0.2) is 0 Å². The Bertz CT molecular complexity index is 381. The molecule has 0 saturated heterocycles. The molecule has 3 nitrogen and oxygen atoms in total. The number of nitrogens with one attached hydrogen (secondary N) is 1. The van der Waals surface area contributed by atoms with E-state index in [9.17, 15) is 9.50 Å². The lowest BCUT2D eigenvalue weighted by Crippen LogP contribution is -2.38. The molecule has 0 aliphatic carbocycles. The summed E-state index contributed by atoms with van der Waals surface area (Å²) in [6, 6.07) is 2.99. The van der Waals surface area contributed by atoms with Crippen molar-refractivity contribution in [1.82, 2.24) is 5.32 Å². The second-order valence-electron chi connectivity index (χ2n) is 5.04. The predicted molar refractivity (Wildman–Crippen MR) is 76.2 cm³/mol. The number of benzene rings is 1. The van der Waals surface area contributed by atoms with E-state index in [0.29, 0.717) is 15.7 Å². The Morgan fingerprint density at radius 3 is 2.53 bits per heavy atom. The molecule has 96 valence electrons. The number of anilines is 1. The van der Waals surface area contributed by atoms with Gasteiger partial charge in [-0.1, -0.05) is 0 Å². The van der Waals surface area contributed by atoms with Crippen LogP contribution in [0.5, 0.6) is 0 Å². The second kappa shape index (κ2) is 5.49. The normalized spacial score (nSPS) is 13.8. The summed E-state index contributed by atoms with van der Waals surface area (Å²) in [6.07, 6.45) is -0.738. The van der Waals surface area contributed by atoms with Crippen LogP contribution in [0.15, 0.2) is 12.1 Å². The van der Waals surface area contributed by atoms with Crippen LogP contribution >= 0.6 is 22.6 Å². The standard InChI is InChI=1S/C12H18FIN2O/c1-12(2,3)16-6-10(17)7-4-8(13)11(15)9(14)5-7/h4-5,10,16-17H,6,15H2,1-3H3. The van der Waals surface area contributed by atoms with Gasteiger partial charge in [-0.25, -0.2) is 4.39 Å². The first-order chi connectivity index (χ1) is 7.70. The zero-order valence-electron chi connectivity index (χ0n) is 10.2. The predicted octanol–water partition coefficient (Wildman–Crippen LogP) is 2.43. The van der Waals surface area contributed by atoms with Crippen LogP contribution in [-0.2, 0) is 0 Å². The van der Waals surface area contributed by atoms with E-state index in [4.69, 9.17) is 5.73 Å². The Labute approximate surface area is 115 Å². The van der Waals surface area contributed by atoms with Gasteiger partial charge in [0.05, 0.1) is 11.8 Å². The minimum absolute atomic E-state index is 0.0828. The summed E-state index contributed by atoms with van der Waals surface area (Å²) in [4.78, 5) is 0. The van der Waals surface area contributed by atoms with Gasteiger partial charge >= 0.3 is 0 Å². The molecule has 1 aromatic rings. The highest BCUT2D eigenvalue weighted by Crippen LogP contribution is 2.24. The molecular formula is C12H18FIN2O. The third kappa shape index (κ3) is 4.40. The summed E-state index contributed by atoms with van der Waals surface area (Å²) in [6.45, 7) is 6.40. The summed E-state index contributed by atoms with van der Waals surface area (Å²) in [5, 5.41) is 13.1. The van der Waals surface area contributed by atoms with Crippen molar-refractivity contribution in [3.05, 3.63) is 27.1 Å². The fraction of sp³-hybridized carbons (Fsp3) is 0.500. The number of rotatable bonds is 3. The van der Waals surface area contributed by atoms with Gasteiger partial charge in [-0.2, -0.15) is 0 Å². The summed E-state index contributed by atoms with van der Waals surface area (Å²) in [5.74, 6) is -0.485. The molecule has 1 unspecified atom stereocenters. The van der Waals surface area contributed by atoms with Crippen molar-refractivity contribution < 1.29 is 9.50 Å². The molecule has 0 saturated carbocycles. The smallest absolute Gasteiger partial charge is 0.147 e. The van der Waals surface area contributed by atoms with Crippen LogP contribution in [0.2, 0.25) is 0 Å². The number of nitrogen functional groups attached to an aromatic ring is 1. The van der Waals surface area contributed by atoms with E-state index < -0.39 is 11.9 Å². The van der Waals surface area contributed by atoms with Gasteiger partial charge in [-0.05, 0) is 61.1 Å². The van der Waals surface area contributed by atoms with Crippen LogP contribution in [0.4, 0.5) is 10.1 Å². The molecule has 0 aliphatic heterocycles. The molecule has 0 radical (unpaired) electrons. The highest BCUT2D eigenvalue weighted by molar-refractivity contribution is 14.1. The molecule has 4 N–H and O–H groups in total. The lowest BCUT2D eigenvalue weighted by molar-refractivity contribution is 0.163. The summed E-state index contributed by atoms with van der Waals surface area (Å²) in [5.41, 5.74) is 6.10. The van der Waals surface area contributed by atoms with Gasteiger partial charge in [-0.15, -0.1) is 0 Å². The summed E-state index contributed by atoms with van der Waals surface area (Å²) >= 11 is 1.96. The number of aliphatic hydroxyl groups excluding tert-OH is 1. The van der Waals surface area contributed by atoms with E-state index >= 15 is 0 Å². The first kappa shape index (κ1) is 14.7. The maximum Gasteiger partial charge on any atom is 0.147 e. The number of hydrogen-bond acceptors (Lipinski definition) is 3. The van der Waals surface area contributed by atoms with Crippen molar-refractivity contribution in [2.45, 2.75) is 32.4 Å². The van der Waals surface area contributed by atoms with Crippen molar-refractivity contribution in [2.24, 2.45) is 0 Å². The van der Waals surface area contributed by atoms with E-state index in [2.05, 4.69) is 5.32 Å². The largest absolute Gasteiger partial charge is 0.395 e. The fourth-order valence-corrected chi connectivity index (χ4v) is 1.93. The van der Waals surface area contributed by atoms with Crippen molar-refractivity contribution in [3.63, 3.8) is 0 Å². The first-order valence-electron chi connectivity index (χ1n) is 5.38. The molecular weight excluding hydrogens is 334 g/mol. The monoisotopic (exact) mass is 352 g/mol. The van der Waals surface area contributed by atoms with Crippen LogP contribution < -0.4 is 11.1 Å². The third-order valence-corrected chi connectivity index (χ3v) is 3.20. The number of halogens is 2. The first-order valence-corrected chi connectivity index (χ1v) is 6.46. The van der Waals surface area contributed by atoms with Crippen LogP contribution in [0.3, 0.4) is 0 Å². The van der Waals surface area contributed by atoms with Crippen LogP contribution in [0.1, 0.15) is 32.4 Å². The number of nitrogens with two attached hydrogens (primary N) is 1. The Morgan fingerprint density at radius 2 is 2.06 bits per heavy atom. The SMILES string of the molecule is CC(C)(C)NCC(O)c1cc(F)c(N)c(I)c1. The van der Waals surface area contributed by atoms with E-state index in [1.807, 2.05) is 43.4 Å². The quantitative estimate of drug-likeness (QED) is 0.579. The maximum atomic E-state index is 13.4. The van der Waals surface area contributed by atoms with Crippen LogP contribution in [0.25, 0.3) is 0 Å². The molecule has 0 amide bonds. The van der Waals surface area contributed by atoms with Crippen molar-refractivity contribution in [1.29, 1.82) is 0 Å². The number of hydrogen-bond donors (Lipinski definition) is 3. The number of aliphatic hydroxyl groups is 1. The molecule has 0 fully saturated rings. The molecule has 0 aromatic heterocycles. The third-order valence-electron chi connectivity index (χ3n) is 2.31. The lowest BCUT2D eigenvalue weighted by atomic mass is 10.1. The maximum absolute atomic E-state index is 13.4. The van der Waals surface area contributed by atoms with E-state index in [-0.39, 0.29) is 11.2 Å². The lowest BCUT2D eigenvalue weighted by Gasteiger charge is -2.23. The average molecular weight is 352 g/mol. The summed E-state index contributed by atoms with van der Waals surface area (Å²) < 4.78 is 14.0. The Hall–Kier alpha value is -0.400. The van der Waals surface area contributed by atoms with Crippen LogP contribution in [0, 0.1) is 9.39 Å². The molecule has 17 heavy (non-hydrogen) atoms. The molecule has 0 bridgehead atoms. The molecule has 0 aliphatic rings. The van der Waals surface area contributed by atoms with Gasteiger partial charge in [0.25, 0.3) is 0 Å². The molecule has 1 rings (SSSR count). The minimum atomic E-state index is -0.738. The van der Waals surface area contributed by atoms with Crippen LogP contribution in [-0.4, -0.2) is 17.2 Å². The highest BCUT2D eigenvalue weighted by atomic mass is 127. The van der Waals surface area contributed by atoms with Gasteiger partial charge in [0, 0.05) is 15.7 Å². The average Bonchev–Trinajstić information content (AvgIpc) is 2.20. The van der Waals surface area contributed by atoms with E-state index in [1.165, 1.54) is 6.07 Å². The minimum Gasteiger partial charge on any atom is -0.395 e. The molecule has 0 spiro atoms. The van der Waals surface area contributed by atoms with E-state index in [0.717, 1.165) is 0 Å². The molecule has 1 aromatic carbocycles. The second-order valence-corrected chi connectivity index (χ2v) is 6.21. The molecule has 5 heteroatoms.